The van der Waals surface area contributed by atoms with Crippen LogP contribution in [0.3, 0.4) is 0 Å². The Bertz CT molecular complexity index is 2320. The number of rotatable bonds is 7. The van der Waals surface area contributed by atoms with Crippen molar-refractivity contribution in [2.75, 3.05) is 6.54 Å². The maximum Gasteiger partial charge on any atom is 0.328 e. The molecule has 4 aromatic rings. The number of nitrogens with one attached hydrogen (secondary N) is 1. The highest BCUT2D eigenvalue weighted by Crippen LogP contribution is 2.35. The monoisotopic (exact) mass is 765 g/mol. The minimum atomic E-state index is -5.23. The molecule has 0 fully saturated rings. The van der Waals surface area contributed by atoms with Crippen LogP contribution in [0.1, 0.15) is 79.7 Å². The number of carboxylic acid groups (broad SMARTS) is 2. The number of aliphatic carboxylic acids is 2. The van der Waals surface area contributed by atoms with Crippen LogP contribution in [0.15, 0.2) is 101 Å². The fourth-order valence-electron chi connectivity index (χ4n) is 4.82. The lowest BCUT2D eigenvalue weighted by molar-refractivity contribution is -0.136. The minimum Gasteiger partial charge on any atom is -0.480 e. The lowest BCUT2D eigenvalue weighted by Gasteiger charge is -2.20. The van der Waals surface area contributed by atoms with E-state index in [4.69, 9.17) is 10.2 Å². The van der Waals surface area contributed by atoms with Crippen LogP contribution in [0.4, 0.5) is 0 Å². The number of carbonyl (C=O) groups excluding carboxylic acids is 3. The molecule has 14 nitrogen and oxygen atoms in total. The number of carbonyl (C=O) groups is 5. The van der Waals surface area contributed by atoms with Gasteiger partial charge in [0.05, 0.1) is 5.56 Å². The van der Waals surface area contributed by atoms with E-state index in [1.807, 2.05) is 31.2 Å². The van der Waals surface area contributed by atoms with Gasteiger partial charge in [0.15, 0.2) is 11.6 Å². The van der Waals surface area contributed by atoms with E-state index in [2.05, 4.69) is 26.1 Å². The Morgan fingerprint density at radius 1 is 0.717 bits per heavy atom. The Hall–Kier alpha value is -5.81. The first-order chi connectivity index (χ1) is 24.5. The number of ketones is 2. The highest BCUT2D eigenvalue weighted by molar-refractivity contribution is 7.89. The Balaban J connectivity index is 0.000000227. The number of hydrogen-bond donors (Lipinski definition) is 5. The first kappa shape index (κ1) is 41.6. The van der Waals surface area contributed by atoms with Crippen LogP contribution >= 0.6 is 0 Å². The summed E-state index contributed by atoms with van der Waals surface area (Å²) in [7, 11) is -10.3. The summed E-state index contributed by atoms with van der Waals surface area (Å²) in [5, 5.41) is 19.1. The number of amides is 1. The molecule has 5 rings (SSSR count). The number of hydrogen-bond acceptors (Lipinski definition) is 9. The lowest BCUT2D eigenvalue weighted by Crippen LogP contribution is -2.29. The van der Waals surface area contributed by atoms with Crippen molar-refractivity contribution in [2.24, 2.45) is 0 Å². The normalized spacial score (nSPS) is 12.3. The van der Waals surface area contributed by atoms with Gasteiger partial charge in [0.25, 0.3) is 26.1 Å². The quantitative estimate of drug-likeness (QED) is 0.110. The number of aryl methyl sites for hydroxylation is 1. The zero-order valence-electron chi connectivity index (χ0n) is 28.7. The van der Waals surface area contributed by atoms with Crippen molar-refractivity contribution in [3.8, 4) is 0 Å². The van der Waals surface area contributed by atoms with Crippen molar-refractivity contribution in [3.05, 3.63) is 136 Å². The minimum absolute atomic E-state index is 0.0240. The molecule has 1 amide bonds. The third kappa shape index (κ3) is 11.1. The maximum atomic E-state index is 12.6. The van der Waals surface area contributed by atoms with E-state index in [0.29, 0.717) is 11.6 Å². The van der Waals surface area contributed by atoms with Gasteiger partial charge in [-0.15, -0.1) is 0 Å². The molecule has 0 saturated carbocycles. The van der Waals surface area contributed by atoms with E-state index in [1.54, 1.807) is 30.3 Å². The Morgan fingerprint density at radius 2 is 1.26 bits per heavy atom. The van der Waals surface area contributed by atoms with E-state index in [1.165, 1.54) is 29.8 Å². The van der Waals surface area contributed by atoms with E-state index in [9.17, 15) is 49.9 Å². The second-order valence-corrected chi connectivity index (χ2v) is 15.2. The van der Waals surface area contributed by atoms with Gasteiger partial charge in [-0.25, -0.2) is 4.79 Å². The van der Waals surface area contributed by atoms with Crippen molar-refractivity contribution in [2.45, 2.75) is 42.9 Å². The highest BCUT2D eigenvalue weighted by Gasteiger charge is 2.38. The van der Waals surface area contributed by atoms with Gasteiger partial charge in [0.2, 0.25) is 0 Å². The molecular formula is C37H35NO13S2. The van der Waals surface area contributed by atoms with E-state index < -0.39 is 59.1 Å². The molecule has 0 spiro atoms. The van der Waals surface area contributed by atoms with Crippen molar-refractivity contribution in [1.82, 2.24) is 5.32 Å². The van der Waals surface area contributed by atoms with Gasteiger partial charge in [-0.3, -0.25) is 28.3 Å². The number of fused-ring (bicyclic) bond motifs is 2. The molecule has 0 saturated heterocycles. The zero-order valence-corrected chi connectivity index (χ0v) is 30.4. The molecule has 0 unspecified atom stereocenters. The molecule has 0 radical (unpaired) electrons. The van der Waals surface area contributed by atoms with Crippen LogP contribution in [0, 0.1) is 6.92 Å². The highest BCUT2D eigenvalue weighted by atomic mass is 32.2. The average Bonchev–Trinajstić information content (AvgIpc) is 3.08. The molecule has 1 aliphatic rings. The zero-order chi connectivity index (χ0) is 39.9. The van der Waals surface area contributed by atoms with Gasteiger partial charge in [-0.2, -0.15) is 16.8 Å². The average molecular weight is 766 g/mol. The van der Waals surface area contributed by atoms with Gasteiger partial charge in [0.1, 0.15) is 16.3 Å². The summed E-state index contributed by atoms with van der Waals surface area (Å²) in [5.74, 6) is -3.99. The molecule has 0 bridgehead atoms. The Morgan fingerprint density at radius 3 is 1.74 bits per heavy atom. The summed E-state index contributed by atoms with van der Waals surface area (Å²) in [6.07, 6.45) is 2.74. The van der Waals surface area contributed by atoms with Crippen LogP contribution < -0.4 is 5.32 Å². The summed E-state index contributed by atoms with van der Waals surface area (Å²) in [5.41, 5.74) is 2.55. The summed E-state index contributed by atoms with van der Waals surface area (Å²) in [6, 6.07) is 22.0. The maximum absolute atomic E-state index is 12.6. The van der Waals surface area contributed by atoms with Gasteiger partial charge < -0.3 is 15.5 Å². The third-order valence-electron chi connectivity index (χ3n) is 7.45. The van der Waals surface area contributed by atoms with Gasteiger partial charge in [-0.05, 0) is 53.8 Å². The predicted molar refractivity (Wildman–Crippen MR) is 192 cm³/mol. The van der Waals surface area contributed by atoms with Crippen molar-refractivity contribution in [3.63, 3.8) is 0 Å². The molecule has 53 heavy (non-hydrogen) atoms. The topological polar surface area (TPSA) is 247 Å². The molecule has 16 heteroatoms. The van der Waals surface area contributed by atoms with Crippen LogP contribution in [0.5, 0.6) is 0 Å². The second-order valence-electron chi connectivity index (χ2n) is 12.5. The Labute approximate surface area is 305 Å². The molecule has 4 aromatic carbocycles. The molecule has 5 N–H and O–H groups in total. The van der Waals surface area contributed by atoms with E-state index in [-0.39, 0.29) is 34.6 Å². The molecule has 0 aromatic heterocycles. The molecule has 1 aliphatic carbocycles. The second kappa shape index (κ2) is 16.7. The first-order valence-corrected chi connectivity index (χ1v) is 18.3. The van der Waals surface area contributed by atoms with Crippen LogP contribution in [-0.2, 0) is 35.2 Å². The number of benzene rings is 4. The first-order valence-electron chi connectivity index (χ1n) is 15.4. The fourth-order valence-corrected chi connectivity index (χ4v) is 6.81. The smallest absolute Gasteiger partial charge is 0.328 e. The predicted octanol–water partition coefficient (Wildman–Crippen LogP) is 4.85. The standard InChI is InChI=1S/C14H8O8S2.C13H16O2.C10H11NO3/c15-12-7-3-1-2-4-8(7)13(16)11-9(12)5-6-10(23(17,18)19)14(11)24(20,21)22;1-13(2,3)11-7-4-10(5-8-11)6-9-12(14)15;1-7-2-4-8(5-3-7)10(14)11-6-9(12)13/h1-6H,(H,17,18,19)(H,20,21,22);4-9H,1-3H3,(H,14,15);2-5H,6H2,1H3,(H,11,14)(H,12,13). The number of carboxylic acids is 2. The summed E-state index contributed by atoms with van der Waals surface area (Å²) < 4.78 is 64.7. The summed E-state index contributed by atoms with van der Waals surface area (Å²) in [6.45, 7) is 8.00. The van der Waals surface area contributed by atoms with Crippen molar-refractivity contribution >= 4 is 55.7 Å². The fraction of sp³-hybridized carbons (Fsp3) is 0.162. The molecule has 0 heterocycles. The van der Waals surface area contributed by atoms with Gasteiger partial charge in [-0.1, -0.05) is 87.0 Å². The van der Waals surface area contributed by atoms with E-state index >= 15 is 0 Å². The van der Waals surface area contributed by atoms with Gasteiger partial charge in [0, 0.05) is 28.3 Å². The van der Waals surface area contributed by atoms with Gasteiger partial charge >= 0.3 is 11.9 Å². The molecule has 0 aliphatic heterocycles. The van der Waals surface area contributed by atoms with E-state index in [0.717, 1.165) is 23.3 Å². The summed E-state index contributed by atoms with van der Waals surface area (Å²) in [4.78, 5) is 54.3. The van der Waals surface area contributed by atoms with Crippen LogP contribution in [-0.4, -0.2) is 72.1 Å². The molecule has 0 atom stereocenters. The summed E-state index contributed by atoms with van der Waals surface area (Å²) >= 11 is 0. The lowest BCUT2D eigenvalue weighted by atomic mass is 9.84. The molecular weight excluding hydrogens is 731 g/mol. The Kier molecular flexibility index (Phi) is 13.1. The largest absolute Gasteiger partial charge is 0.480 e. The SMILES string of the molecule is CC(C)(C)c1ccc(C=CC(=O)O)cc1.Cc1ccc(C(=O)NCC(=O)O)cc1.O=C1c2ccccc2C(=O)c2c1ccc(S(=O)(=O)O)c2S(=O)(=O)O. The van der Waals surface area contributed by atoms with Crippen LogP contribution in [0.25, 0.3) is 6.08 Å². The van der Waals surface area contributed by atoms with Crippen molar-refractivity contribution < 1.29 is 60.1 Å². The van der Waals surface area contributed by atoms with Crippen LogP contribution in [0.2, 0.25) is 0 Å². The molecule has 278 valence electrons. The van der Waals surface area contributed by atoms with Crippen molar-refractivity contribution in [1.29, 1.82) is 0 Å². The third-order valence-corrected chi connectivity index (χ3v) is 9.42.